The molecule has 0 radical (unpaired) electrons. The van der Waals surface area contributed by atoms with E-state index in [9.17, 15) is 4.79 Å². The van der Waals surface area contributed by atoms with E-state index in [1.54, 1.807) is 0 Å². The maximum Gasteiger partial charge on any atom is 0.133 e. The summed E-state index contributed by atoms with van der Waals surface area (Å²) < 4.78 is 0. The lowest BCUT2D eigenvalue weighted by molar-refractivity contribution is -0.123. The number of ketones is 1. The Morgan fingerprint density at radius 1 is 1.16 bits per heavy atom. The minimum atomic E-state index is 0.127. The number of hydrogen-bond donors (Lipinski definition) is 0. The molecule has 1 saturated carbocycles. The van der Waals surface area contributed by atoms with Crippen LogP contribution in [0, 0.1) is 46.3 Å². The van der Waals surface area contributed by atoms with Gasteiger partial charge in [-0.25, -0.2) is 0 Å². The SMILES string of the molecule is N#CC(C#N)=C1C=C[C@H]2C=C[C@@H]1[C@@H]1CCC(=O)C[C@H]21. The van der Waals surface area contributed by atoms with Crippen molar-refractivity contribution in [1.82, 2.24) is 0 Å². The van der Waals surface area contributed by atoms with Crippen molar-refractivity contribution in [1.29, 1.82) is 10.5 Å². The molecule has 3 heteroatoms. The molecule has 94 valence electrons. The summed E-state index contributed by atoms with van der Waals surface area (Å²) in [5, 5.41) is 18.2. The summed E-state index contributed by atoms with van der Waals surface area (Å²) in [7, 11) is 0. The van der Waals surface area contributed by atoms with Gasteiger partial charge in [0.05, 0.1) is 0 Å². The number of hydrogen-bond acceptors (Lipinski definition) is 3. The average molecular weight is 250 g/mol. The average Bonchev–Trinajstić information content (AvgIpc) is 2.71. The van der Waals surface area contributed by atoms with E-state index < -0.39 is 0 Å². The molecule has 4 rings (SSSR count). The van der Waals surface area contributed by atoms with E-state index in [2.05, 4.69) is 18.2 Å². The largest absolute Gasteiger partial charge is 0.300 e. The smallest absolute Gasteiger partial charge is 0.133 e. The molecule has 0 spiro atoms. The molecule has 2 bridgehead atoms. The minimum Gasteiger partial charge on any atom is -0.300 e. The van der Waals surface area contributed by atoms with Crippen LogP contribution in [-0.2, 0) is 4.79 Å². The van der Waals surface area contributed by atoms with Crippen molar-refractivity contribution in [3.63, 3.8) is 0 Å². The first kappa shape index (κ1) is 11.9. The van der Waals surface area contributed by atoms with Crippen LogP contribution in [0.5, 0.6) is 0 Å². The highest BCUT2D eigenvalue weighted by Gasteiger charge is 2.42. The molecule has 0 unspecified atom stereocenters. The summed E-state index contributed by atoms with van der Waals surface area (Å²) in [6.07, 6.45) is 10.4. The Morgan fingerprint density at radius 3 is 2.68 bits per heavy atom. The number of nitrogens with zero attached hydrogens (tertiary/aromatic N) is 2. The minimum absolute atomic E-state index is 0.127. The number of carbonyl (C=O) groups is 1. The van der Waals surface area contributed by atoms with E-state index >= 15 is 0 Å². The number of rotatable bonds is 0. The number of nitriles is 2. The molecule has 4 aliphatic carbocycles. The van der Waals surface area contributed by atoms with Crippen LogP contribution in [0.4, 0.5) is 0 Å². The number of allylic oxidation sites excluding steroid dienone is 6. The van der Waals surface area contributed by atoms with Crippen molar-refractivity contribution in [3.8, 4) is 12.1 Å². The van der Waals surface area contributed by atoms with Crippen LogP contribution in [-0.4, -0.2) is 5.78 Å². The number of fused-ring (bicyclic) bond motifs is 1. The molecule has 1 fully saturated rings. The van der Waals surface area contributed by atoms with Gasteiger partial charge in [-0.3, -0.25) is 4.79 Å². The summed E-state index contributed by atoms with van der Waals surface area (Å²) in [5.41, 5.74) is 1.05. The van der Waals surface area contributed by atoms with Gasteiger partial charge in [0.2, 0.25) is 0 Å². The van der Waals surface area contributed by atoms with Gasteiger partial charge in [-0.2, -0.15) is 10.5 Å². The maximum atomic E-state index is 11.7. The maximum absolute atomic E-state index is 11.7. The van der Waals surface area contributed by atoms with Crippen LogP contribution in [0.3, 0.4) is 0 Å². The zero-order valence-electron chi connectivity index (χ0n) is 10.5. The Bertz CT molecular complexity index is 581. The Balaban J connectivity index is 2.07. The van der Waals surface area contributed by atoms with Crippen LogP contribution < -0.4 is 0 Å². The quantitative estimate of drug-likeness (QED) is 0.490. The topological polar surface area (TPSA) is 64.7 Å². The summed E-state index contributed by atoms with van der Waals surface area (Å²) in [5.74, 6) is 1.50. The Morgan fingerprint density at radius 2 is 1.95 bits per heavy atom. The first-order valence-corrected chi connectivity index (χ1v) is 6.67. The third kappa shape index (κ3) is 1.83. The third-order valence-corrected chi connectivity index (χ3v) is 4.64. The number of carbonyl (C=O) groups excluding carboxylic acids is 1. The molecule has 0 aliphatic heterocycles. The molecule has 0 amide bonds. The highest BCUT2D eigenvalue weighted by Crippen LogP contribution is 2.48. The fourth-order valence-electron chi connectivity index (χ4n) is 3.73. The summed E-state index contributed by atoms with van der Waals surface area (Å²) in [6.45, 7) is 0. The van der Waals surface area contributed by atoms with Gasteiger partial charge in [0, 0.05) is 18.8 Å². The molecular formula is C16H14N2O. The van der Waals surface area contributed by atoms with E-state index in [1.165, 1.54) is 0 Å². The lowest BCUT2D eigenvalue weighted by Gasteiger charge is -2.40. The van der Waals surface area contributed by atoms with Crippen molar-refractivity contribution in [2.75, 3.05) is 0 Å². The first-order valence-electron chi connectivity index (χ1n) is 6.67. The van der Waals surface area contributed by atoms with Gasteiger partial charge in [-0.15, -0.1) is 0 Å². The molecule has 0 aromatic heterocycles. The predicted molar refractivity (Wildman–Crippen MR) is 69.4 cm³/mol. The zero-order valence-corrected chi connectivity index (χ0v) is 10.5. The fourth-order valence-corrected chi connectivity index (χ4v) is 3.73. The van der Waals surface area contributed by atoms with Crippen molar-refractivity contribution < 1.29 is 4.79 Å². The second kappa shape index (κ2) is 4.52. The molecule has 0 aromatic rings. The van der Waals surface area contributed by atoms with Crippen LogP contribution in [0.2, 0.25) is 0 Å². The van der Waals surface area contributed by atoms with Gasteiger partial charge in [0.1, 0.15) is 23.5 Å². The zero-order chi connectivity index (χ0) is 13.4. The van der Waals surface area contributed by atoms with Crippen molar-refractivity contribution in [3.05, 3.63) is 35.5 Å². The highest BCUT2D eigenvalue weighted by molar-refractivity contribution is 5.79. The standard InChI is InChI=1S/C16H14N2O/c17-8-11(9-18)13-4-1-10-2-5-14(13)15-6-3-12(19)7-16(10)15/h1-2,4-5,10,14-16H,3,6-7H2/t10-,14-,15-,16+/m0/s1. The summed E-state index contributed by atoms with van der Waals surface area (Å²) in [4.78, 5) is 11.7. The summed E-state index contributed by atoms with van der Waals surface area (Å²) >= 11 is 0. The second-order valence-corrected chi connectivity index (χ2v) is 5.51. The molecule has 0 aromatic carbocycles. The van der Waals surface area contributed by atoms with Gasteiger partial charge in [0.25, 0.3) is 0 Å². The predicted octanol–water partition coefficient (Wildman–Crippen LogP) is 2.69. The van der Waals surface area contributed by atoms with Crippen LogP contribution in [0.1, 0.15) is 19.3 Å². The van der Waals surface area contributed by atoms with Crippen molar-refractivity contribution >= 4 is 5.78 Å². The molecule has 4 aliphatic rings. The molecular weight excluding hydrogens is 236 g/mol. The molecule has 0 saturated heterocycles. The van der Waals surface area contributed by atoms with Gasteiger partial charge < -0.3 is 0 Å². The Labute approximate surface area is 112 Å². The van der Waals surface area contributed by atoms with Crippen molar-refractivity contribution in [2.24, 2.45) is 23.7 Å². The lowest BCUT2D eigenvalue weighted by atomic mass is 9.63. The third-order valence-electron chi connectivity index (χ3n) is 4.64. The first-order chi connectivity index (χ1) is 9.24. The monoisotopic (exact) mass is 250 g/mol. The van der Waals surface area contributed by atoms with Gasteiger partial charge in [-0.1, -0.05) is 24.3 Å². The van der Waals surface area contributed by atoms with Crippen LogP contribution >= 0.6 is 0 Å². The second-order valence-electron chi connectivity index (χ2n) is 5.51. The Kier molecular flexibility index (Phi) is 2.84. The van der Waals surface area contributed by atoms with E-state index in [0.29, 0.717) is 30.5 Å². The van der Waals surface area contributed by atoms with Gasteiger partial charge in [0.15, 0.2) is 0 Å². The van der Waals surface area contributed by atoms with E-state index in [1.807, 2.05) is 18.2 Å². The molecule has 3 nitrogen and oxygen atoms in total. The normalized spacial score (nSPS) is 35.3. The molecule has 0 heterocycles. The summed E-state index contributed by atoms with van der Waals surface area (Å²) in [6, 6.07) is 4.01. The van der Waals surface area contributed by atoms with Gasteiger partial charge >= 0.3 is 0 Å². The lowest BCUT2D eigenvalue weighted by Crippen LogP contribution is -2.35. The highest BCUT2D eigenvalue weighted by atomic mass is 16.1. The molecule has 0 N–H and O–H groups in total. The van der Waals surface area contributed by atoms with E-state index in [4.69, 9.17) is 10.5 Å². The van der Waals surface area contributed by atoms with Crippen LogP contribution in [0.15, 0.2) is 35.5 Å². The van der Waals surface area contributed by atoms with Crippen LogP contribution in [0.25, 0.3) is 0 Å². The van der Waals surface area contributed by atoms with E-state index in [0.717, 1.165) is 12.0 Å². The van der Waals surface area contributed by atoms with Crippen molar-refractivity contribution in [2.45, 2.75) is 19.3 Å². The molecule has 4 atom stereocenters. The van der Waals surface area contributed by atoms with Gasteiger partial charge in [-0.05, 0) is 29.7 Å². The number of Topliss-reactive ketones (excluding diaryl/α,β-unsaturated/α-hetero) is 1. The Hall–Kier alpha value is -2.13. The fraction of sp³-hybridized carbons (Fsp3) is 0.438. The molecule has 19 heavy (non-hydrogen) atoms. The van der Waals surface area contributed by atoms with E-state index in [-0.39, 0.29) is 17.4 Å².